The van der Waals surface area contributed by atoms with Gasteiger partial charge in [0.2, 0.25) is 0 Å². The number of carboxylic acids is 1. The van der Waals surface area contributed by atoms with Gasteiger partial charge in [0.15, 0.2) is 5.90 Å². The smallest absolute Gasteiger partial charge is 0.306 e. The topological polar surface area (TPSA) is 58.9 Å². The first-order chi connectivity index (χ1) is 9.63. The normalized spacial score (nSPS) is 28.4. The van der Waals surface area contributed by atoms with Crippen LogP contribution in [-0.4, -0.2) is 29.1 Å². The first-order valence-electron chi connectivity index (χ1n) is 6.83. The minimum atomic E-state index is -0.724. The number of aliphatic carboxylic acids is 1. The Labute approximate surface area is 122 Å². The zero-order chi connectivity index (χ0) is 14.1. The number of carboxylic acid groups (broad SMARTS) is 1. The number of carbonyl (C=O) groups is 1. The maximum absolute atomic E-state index is 11.1. The summed E-state index contributed by atoms with van der Waals surface area (Å²) in [6.07, 6.45) is 2.63. The van der Waals surface area contributed by atoms with E-state index in [0.717, 1.165) is 12.0 Å². The molecule has 3 unspecified atom stereocenters. The number of benzene rings is 1. The first-order valence-corrected chi connectivity index (χ1v) is 7.21. The lowest BCUT2D eigenvalue weighted by Crippen LogP contribution is -2.33. The van der Waals surface area contributed by atoms with Gasteiger partial charge >= 0.3 is 5.97 Å². The first kappa shape index (κ1) is 13.4. The molecule has 0 spiro atoms. The molecule has 1 aliphatic carbocycles. The summed E-state index contributed by atoms with van der Waals surface area (Å²) >= 11 is 6.13. The minimum absolute atomic E-state index is 0.0117. The van der Waals surface area contributed by atoms with Crippen molar-refractivity contribution in [1.82, 2.24) is 0 Å². The summed E-state index contributed by atoms with van der Waals surface area (Å²) in [5.41, 5.74) is 0.987. The summed E-state index contributed by atoms with van der Waals surface area (Å²) in [5, 5.41) is 9.79. The van der Waals surface area contributed by atoms with Crippen LogP contribution < -0.4 is 0 Å². The van der Waals surface area contributed by atoms with Gasteiger partial charge in [0, 0.05) is 5.02 Å². The fourth-order valence-electron chi connectivity index (χ4n) is 2.90. The van der Waals surface area contributed by atoms with Crippen LogP contribution in [0.2, 0.25) is 5.02 Å². The summed E-state index contributed by atoms with van der Waals surface area (Å²) < 4.78 is 5.85. The number of hydrogen-bond donors (Lipinski definition) is 1. The molecule has 3 atom stereocenters. The molecule has 0 bridgehead atoms. The molecule has 0 saturated heterocycles. The van der Waals surface area contributed by atoms with Crippen molar-refractivity contribution < 1.29 is 14.6 Å². The molecule has 3 rings (SSSR count). The van der Waals surface area contributed by atoms with Crippen LogP contribution in [0, 0.1) is 5.92 Å². The monoisotopic (exact) mass is 293 g/mol. The standard InChI is InChI=1S/C15H16ClNO3/c16-11-4-2-1-3-9(11)8-14-17-12-7-10(15(18)19)5-6-13(12)20-14/h1-4,10,12-13H,5-8H2,(H,18,19). The second kappa shape index (κ2) is 5.44. The van der Waals surface area contributed by atoms with E-state index in [2.05, 4.69) is 4.99 Å². The van der Waals surface area contributed by atoms with Gasteiger partial charge in [-0.15, -0.1) is 0 Å². The molecule has 1 aromatic rings. The van der Waals surface area contributed by atoms with E-state index in [1.807, 2.05) is 24.3 Å². The molecule has 5 heteroatoms. The van der Waals surface area contributed by atoms with Crippen LogP contribution in [0.15, 0.2) is 29.3 Å². The average molecular weight is 294 g/mol. The maximum Gasteiger partial charge on any atom is 0.306 e. The summed E-state index contributed by atoms with van der Waals surface area (Å²) in [6.45, 7) is 0. The van der Waals surface area contributed by atoms with Gasteiger partial charge in [0.25, 0.3) is 0 Å². The highest BCUT2D eigenvalue weighted by Crippen LogP contribution is 2.33. The fraction of sp³-hybridized carbons (Fsp3) is 0.467. The Balaban J connectivity index is 1.70. The van der Waals surface area contributed by atoms with E-state index in [1.54, 1.807) is 0 Å². The van der Waals surface area contributed by atoms with Crippen LogP contribution >= 0.6 is 11.6 Å². The SMILES string of the molecule is O=C(O)C1CCC2OC(Cc3ccccc3Cl)=NC2C1. The maximum atomic E-state index is 11.1. The van der Waals surface area contributed by atoms with Crippen molar-refractivity contribution in [3.63, 3.8) is 0 Å². The number of fused-ring (bicyclic) bond motifs is 1. The number of halogens is 1. The van der Waals surface area contributed by atoms with Crippen LogP contribution in [0.25, 0.3) is 0 Å². The van der Waals surface area contributed by atoms with E-state index in [-0.39, 0.29) is 18.1 Å². The molecule has 1 fully saturated rings. The number of ether oxygens (including phenoxy) is 1. The van der Waals surface area contributed by atoms with Gasteiger partial charge in [0.05, 0.1) is 18.4 Å². The van der Waals surface area contributed by atoms with Crippen LogP contribution in [0.1, 0.15) is 24.8 Å². The molecule has 1 saturated carbocycles. The lowest BCUT2D eigenvalue weighted by Gasteiger charge is -2.26. The molecule has 1 aliphatic heterocycles. The highest BCUT2D eigenvalue weighted by atomic mass is 35.5. The fourth-order valence-corrected chi connectivity index (χ4v) is 3.10. The van der Waals surface area contributed by atoms with Crippen molar-refractivity contribution in [2.24, 2.45) is 10.9 Å². The van der Waals surface area contributed by atoms with Crippen molar-refractivity contribution in [3.8, 4) is 0 Å². The molecule has 0 radical (unpaired) electrons. The predicted molar refractivity (Wildman–Crippen MR) is 76.2 cm³/mol. The predicted octanol–water partition coefficient (Wildman–Crippen LogP) is 2.93. The molecular weight excluding hydrogens is 278 g/mol. The molecule has 1 N–H and O–H groups in total. The largest absolute Gasteiger partial charge is 0.481 e. The molecule has 2 aliphatic rings. The van der Waals surface area contributed by atoms with Gasteiger partial charge in [-0.05, 0) is 30.9 Å². The van der Waals surface area contributed by atoms with E-state index in [0.29, 0.717) is 30.2 Å². The van der Waals surface area contributed by atoms with Crippen LogP contribution in [0.5, 0.6) is 0 Å². The Morgan fingerprint density at radius 2 is 2.20 bits per heavy atom. The molecule has 106 valence electrons. The molecule has 1 heterocycles. The number of hydrogen-bond acceptors (Lipinski definition) is 3. The van der Waals surface area contributed by atoms with E-state index >= 15 is 0 Å². The van der Waals surface area contributed by atoms with Crippen molar-refractivity contribution >= 4 is 23.5 Å². The quantitative estimate of drug-likeness (QED) is 0.932. The molecule has 4 nitrogen and oxygen atoms in total. The van der Waals surface area contributed by atoms with Gasteiger partial charge in [0.1, 0.15) is 6.10 Å². The summed E-state index contributed by atoms with van der Waals surface area (Å²) in [7, 11) is 0. The van der Waals surface area contributed by atoms with Crippen molar-refractivity contribution in [2.75, 3.05) is 0 Å². The average Bonchev–Trinajstić information content (AvgIpc) is 2.82. The summed E-state index contributed by atoms with van der Waals surface area (Å²) in [6, 6.07) is 7.61. The molecular formula is C15H16ClNO3. The molecule has 20 heavy (non-hydrogen) atoms. The zero-order valence-corrected chi connectivity index (χ0v) is 11.7. The van der Waals surface area contributed by atoms with E-state index in [1.165, 1.54) is 0 Å². The van der Waals surface area contributed by atoms with E-state index < -0.39 is 5.97 Å². The highest BCUT2D eigenvalue weighted by molar-refractivity contribution is 6.31. The van der Waals surface area contributed by atoms with Crippen LogP contribution in [-0.2, 0) is 16.0 Å². The van der Waals surface area contributed by atoms with Crippen molar-refractivity contribution in [2.45, 2.75) is 37.8 Å². The number of aliphatic imine (C=N–C) groups is 1. The third-order valence-corrected chi connectivity index (χ3v) is 4.37. The summed E-state index contributed by atoms with van der Waals surface area (Å²) in [4.78, 5) is 15.6. The third kappa shape index (κ3) is 2.66. The Morgan fingerprint density at radius 1 is 1.40 bits per heavy atom. The lowest BCUT2D eigenvalue weighted by atomic mass is 9.84. The van der Waals surface area contributed by atoms with Crippen LogP contribution in [0.4, 0.5) is 0 Å². The van der Waals surface area contributed by atoms with Crippen molar-refractivity contribution in [3.05, 3.63) is 34.9 Å². The molecule has 0 amide bonds. The number of nitrogens with zero attached hydrogens (tertiary/aromatic N) is 1. The van der Waals surface area contributed by atoms with E-state index in [4.69, 9.17) is 21.4 Å². The zero-order valence-electron chi connectivity index (χ0n) is 11.0. The van der Waals surface area contributed by atoms with Crippen LogP contribution in [0.3, 0.4) is 0 Å². The van der Waals surface area contributed by atoms with Gasteiger partial charge in [-0.1, -0.05) is 29.8 Å². The second-order valence-electron chi connectivity index (χ2n) is 5.36. The second-order valence-corrected chi connectivity index (χ2v) is 5.77. The summed E-state index contributed by atoms with van der Waals surface area (Å²) in [5.74, 6) is -0.333. The van der Waals surface area contributed by atoms with Gasteiger partial charge in [-0.2, -0.15) is 0 Å². The lowest BCUT2D eigenvalue weighted by molar-refractivity contribution is -0.143. The Kier molecular flexibility index (Phi) is 3.66. The highest BCUT2D eigenvalue weighted by Gasteiger charge is 2.39. The number of rotatable bonds is 3. The third-order valence-electron chi connectivity index (χ3n) is 4.00. The minimum Gasteiger partial charge on any atom is -0.481 e. The van der Waals surface area contributed by atoms with Gasteiger partial charge in [-0.25, -0.2) is 4.99 Å². The van der Waals surface area contributed by atoms with Gasteiger partial charge < -0.3 is 9.84 Å². The Morgan fingerprint density at radius 3 is 2.95 bits per heavy atom. The van der Waals surface area contributed by atoms with E-state index in [9.17, 15) is 4.79 Å². The Bertz CT molecular complexity index is 558. The Hall–Kier alpha value is -1.55. The van der Waals surface area contributed by atoms with Gasteiger partial charge in [-0.3, -0.25) is 4.79 Å². The molecule has 0 aromatic heterocycles. The molecule has 1 aromatic carbocycles. The van der Waals surface area contributed by atoms with Crippen molar-refractivity contribution in [1.29, 1.82) is 0 Å².